The van der Waals surface area contributed by atoms with Crippen LogP contribution in [0.4, 0.5) is 0 Å². The summed E-state index contributed by atoms with van der Waals surface area (Å²) >= 11 is 7.81. The van der Waals surface area contributed by atoms with Gasteiger partial charge in [-0.1, -0.05) is 29.8 Å². The summed E-state index contributed by atoms with van der Waals surface area (Å²) in [5, 5.41) is 9.99. The zero-order chi connectivity index (χ0) is 19.4. The van der Waals surface area contributed by atoms with E-state index in [1.165, 1.54) is 6.08 Å². The van der Waals surface area contributed by atoms with Crippen molar-refractivity contribution in [1.82, 2.24) is 4.90 Å². The Morgan fingerprint density at radius 2 is 2.19 bits per heavy atom. The lowest BCUT2D eigenvalue weighted by atomic mass is 10.0. The van der Waals surface area contributed by atoms with Gasteiger partial charge >= 0.3 is 11.8 Å². The quantitative estimate of drug-likeness (QED) is 0.728. The molecule has 144 valence electrons. The lowest BCUT2D eigenvalue weighted by Crippen LogP contribution is -2.36. The van der Waals surface area contributed by atoms with Crippen molar-refractivity contribution in [3.63, 3.8) is 0 Å². The van der Waals surface area contributed by atoms with Crippen LogP contribution in [0.3, 0.4) is 0 Å². The van der Waals surface area contributed by atoms with Crippen LogP contribution in [0.25, 0.3) is 0 Å². The maximum Gasteiger partial charge on any atom is 0.519 e. The Morgan fingerprint density at radius 3 is 2.85 bits per heavy atom. The SMILES string of the molecule is Cc1oc(=O)oc1CSC1CCN(Cc2ccccc2Cl)C/C1=C\C(=O)O. The van der Waals surface area contributed by atoms with Gasteiger partial charge in [0.05, 0.1) is 5.75 Å². The van der Waals surface area contributed by atoms with Crippen molar-refractivity contribution in [2.75, 3.05) is 13.1 Å². The van der Waals surface area contributed by atoms with Gasteiger partial charge in [0.25, 0.3) is 0 Å². The van der Waals surface area contributed by atoms with E-state index in [0.717, 1.165) is 24.1 Å². The highest BCUT2D eigenvalue weighted by Gasteiger charge is 2.26. The van der Waals surface area contributed by atoms with Crippen LogP contribution in [-0.4, -0.2) is 34.3 Å². The van der Waals surface area contributed by atoms with Crippen LogP contribution in [0, 0.1) is 6.92 Å². The molecular formula is C19H20ClNO5S. The summed E-state index contributed by atoms with van der Waals surface area (Å²) in [5.74, 6) is -0.241. The number of carboxylic acid groups (broad SMARTS) is 1. The molecule has 1 atom stereocenters. The van der Waals surface area contributed by atoms with Gasteiger partial charge in [-0.2, -0.15) is 0 Å². The number of hydrogen-bond acceptors (Lipinski definition) is 6. The van der Waals surface area contributed by atoms with Crippen LogP contribution in [0.5, 0.6) is 0 Å². The molecule has 0 bridgehead atoms. The van der Waals surface area contributed by atoms with Gasteiger partial charge in [0.15, 0.2) is 5.76 Å². The fraction of sp³-hybridized carbons (Fsp3) is 0.368. The monoisotopic (exact) mass is 409 g/mol. The number of nitrogens with zero attached hydrogens (tertiary/aromatic N) is 1. The second kappa shape index (κ2) is 8.82. The highest BCUT2D eigenvalue weighted by atomic mass is 35.5. The van der Waals surface area contributed by atoms with Crippen molar-refractivity contribution < 1.29 is 18.7 Å². The molecule has 2 aromatic rings. The van der Waals surface area contributed by atoms with E-state index >= 15 is 0 Å². The van der Waals surface area contributed by atoms with E-state index in [2.05, 4.69) is 4.90 Å². The van der Waals surface area contributed by atoms with E-state index in [-0.39, 0.29) is 5.25 Å². The molecule has 1 unspecified atom stereocenters. The molecule has 3 rings (SSSR count). The zero-order valence-electron chi connectivity index (χ0n) is 14.8. The average molecular weight is 410 g/mol. The normalized spacial score (nSPS) is 19.5. The van der Waals surface area contributed by atoms with Crippen LogP contribution >= 0.6 is 23.4 Å². The number of carbonyl (C=O) groups is 1. The predicted molar refractivity (Wildman–Crippen MR) is 104 cm³/mol. The number of aryl methyl sites for hydroxylation is 1. The summed E-state index contributed by atoms with van der Waals surface area (Å²) in [7, 11) is 0. The van der Waals surface area contributed by atoms with Crippen LogP contribution in [0.2, 0.25) is 5.02 Å². The molecule has 27 heavy (non-hydrogen) atoms. The summed E-state index contributed by atoms with van der Waals surface area (Å²) < 4.78 is 9.91. The van der Waals surface area contributed by atoms with Crippen LogP contribution in [-0.2, 0) is 17.1 Å². The van der Waals surface area contributed by atoms with Crippen LogP contribution < -0.4 is 5.82 Å². The number of likely N-dealkylation sites (tertiary alicyclic amines) is 1. The van der Waals surface area contributed by atoms with Crippen molar-refractivity contribution >= 4 is 29.3 Å². The number of aliphatic carboxylic acids is 1. The lowest BCUT2D eigenvalue weighted by molar-refractivity contribution is -0.131. The number of hydrogen-bond donors (Lipinski definition) is 1. The van der Waals surface area contributed by atoms with Crippen LogP contribution in [0.15, 0.2) is 49.5 Å². The smallest absolute Gasteiger partial charge is 0.478 e. The minimum absolute atomic E-state index is 0.0446. The fourth-order valence-corrected chi connectivity index (χ4v) is 4.54. The van der Waals surface area contributed by atoms with Gasteiger partial charge in [0.2, 0.25) is 0 Å². The Hall–Kier alpha value is -1.96. The Kier molecular flexibility index (Phi) is 6.46. The molecule has 2 heterocycles. The van der Waals surface area contributed by atoms with E-state index in [0.29, 0.717) is 35.4 Å². The standard InChI is InChI=1S/C19H20ClNO5S/c1-12-16(26-19(24)25-12)11-27-17-6-7-21(10-14(17)8-18(22)23)9-13-4-2-3-5-15(13)20/h2-5,8,17H,6-7,9-11H2,1H3,(H,22,23)/b14-8+. The average Bonchev–Trinajstić information content (AvgIpc) is 2.93. The van der Waals surface area contributed by atoms with Crippen molar-refractivity contribution in [3.05, 3.63) is 68.6 Å². The molecule has 0 saturated carbocycles. The third-order valence-electron chi connectivity index (χ3n) is 4.44. The fourth-order valence-electron chi connectivity index (χ4n) is 3.10. The van der Waals surface area contributed by atoms with Gasteiger partial charge in [0, 0.05) is 36.0 Å². The van der Waals surface area contributed by atoms with E-state index in [9.17, 15) is 14.7 Å². The van der Waals surface area contributed by atoms with E-state index in [4.69, 9.17) is 20.4 Å². The van der Waals surface area contributed by atoms with Gasteiger partial charge in [-0.25, -0.2) is 9.59 Å². The Balaban J connectivity index is 1.68. The highest BCUT2D eigenvalue weighted by molar-refractivity contribution is 7.99. The molecule has 1 N–H and O–H groups in total. The van der Waals surface area contributed by atoms with E-state index in [1.807, 2.05) is 24.3 Å². The van der Waals surface area contributed by atoms with Crippen LogP contribution in [0.1, 0.15) is 23.5 Å². The summed E-state index contributed by atoms with van der Waals surface area (Å²) in [4.78, 5) is 24.6. The molecule has 1 aliphatic heterocycles. The number of thioether (sulfide) groups is 1. The maximum absolute atomic E-state index is 11.3. The molecular weight excluding hydrogens is 390 g/mol. The Bertz CT molecular complexity index is 904. The second-order valence-electron chi connectivity index (χ2n) is 6.38. The summed E-state index contributed by atoms with van der Waals surface area (Å²) in [6.45, 7) is 3.74. The first kappa shape index (κ1) is 19.8. The number of benzene rings is 1. The first-order valence-electron chi connectivity index (χ1n) is 8.52. The van der Waals surface area contributed by atoms with Crippen molar-refractivity contribution in [2.24, 2.45) is 0 Å². The molecule has 1 aliphatic rings. The van der Waals surface area contributed by atoms with Gasteiger partial charge in [-0.15, -0.1) is 11.8 Å². The lowest BCUT2D eigenvalue weighted by Gasteiger charge is -2.34. The van der Waals surface area contributed by atoms with E-state index < -0.39 is 11.8 Å². The van der Waals surface area contributed by atoms with E-state index in [1.54, 1.807) is 18.7 Å². The molecule has 0 radical (unpaired) electrons. The number of halogens is 1. The Labute approximate surface area is 165 Å². The molecule has 0 amide bonds. The summed E-state index contributed by atoms with van der Waals surface area (Å²) in [6.07, 6.45) is 2.09. The number of piperidine rings is 1. The van der Waals surface area contributed by atoms with Crippen molar-refractivity contribution in [1.29, 1.82) is 0 Å². The summed E-state index contributed by atoms with van der Waals surface area (Å²) in [5.41, 5.74) is 1.87. The molecule has 8 heteroatoms. The minimum Gasteiger partial charge on any atom is -0.478 e. The number of rotatable bonds is 6. The van der Waals surface area contributed by atoms with Gasteiger partial charge in [-0.05, 0) is 30.5 Å². The maximum atomic E-state index is 11.3. The first-order chi connectivity index (χ1) is 12.9. The highest BCUT2D eigenvalue weighted by Crippen LogP contribution is 2.32. The van der Waals surface area contributed by atoms with Crippen molar-refractivity contribution in [3.8, 4) is 0 Å². The van der Waals surface area contributed by atoms with Gasteiger partial charge in [-0.3, -0.25) is 4.90 Å². The summed E-state index contributed by atoms with van der Waals surface area (Å²) in [6, 6.07) is 7.67. The molecule has 0 spiro atoms. The third kappa shape index (κ3) is 5.28. The Morgan fingerprint density at radius 1 is 1.41 bits per heavy atom. The number of carboxylic acids is 1. The molecule has 6 nitrogen and oxygen atoms in total. The topological polar surface area (TPSA) is 83.9 Å². The van der Waals surface area contributed by atoms with Crippen molar-refractivity contribution in [2.45, 2.75) is 30.9 Å². The van der Waals surface area contributed by atoms with Gasteiger partial charge in [0.1, 0.15) is 5.76 Å². The zero-order valence-corrected chi connectivity index (χ0v) is 16.4. The molecule has 1 aromatic carbocycles. The molecule has 0 aliphatic carbocycles. The predicted octanol–water partition coefficient (Wildman–Crippen LogP) is 3.71. The second-order valence-corrected chi connectivity index (χ2v) is 7.98. The third-order valence-corrected chi connectivity index (χ3v) is 6.18. The molecule has 1 fully saturated rings. The molecule has 1 aromatic heterocycles. The first-order valence-corrected chi connectivity index (χ1v) is 9.95. The largest absolute Gasteiger partial charge is 0.519 e. The molecule has 1 saturated heterocycles. The van der Waals surface area contributed by atoms with Gasteiger partial charge < -0.3 is 13.9 Å². The minimum atomic E-state index is -0.957.